The van der Waals surface area contributed by atoms with Gasteiger partial charge in [0.15, 0.2) is 0 Å². The fraction of sp³-hybridized carbons (Fsp3) is 0.214. The number of rotatable bonds is 8. The number of furan rings is 1. The molecule has 0 saturated carbocycles. The third-order valence-corrected chi connectivity index (χ3v) is 7.92. The lowest BCUT2D eigenvalue weighted by molar-refractivity contribution is 0.0948. The highest BCUT2D eigenvalue weighted by Gasteiger charge is 2.25. The second-order valence-electron chi connectivity index (χ2n) is 8.52. The highest BCUT2D eigenvalue weighted by Crippen LogP contribution is 2.40. The summed E-state index contributed by atoms with van der Waals surface area (Å²) in [6.07, 6.45) is 7.55. The normalized spacial score (nSPS) is 13.1. The topological polar surface area (TPSA) is 63.8 Å². The van der Waals surface area contributed by atoms with Crippen molar-refractivity contribution in [3.63, 3.8) is 0 Å². The Bertz CT molecular complexity index is 1380. The zero-order valence-electron chi connectivity index (χ0n) is 19.4. The Morgan fingerprint density at radius 2 is 1.92 bits per heavy atom. The molecule has 0 fully saturated rings. The van der Waals surface area contributed by atoms with E-state index in [9.17, 15) is 4.79 Å². The predicted molar refractivity (Wildman–Crippen MR) is 145 cm³/mol. The lowest BCUT2D eigenvalue weighted by atomic mass is 9.95. The van der Waals surface area contributed by atoms with Crippen LogP contribution in [-0.2, 0) is 26.0 Å². The number of nitrogens with zero attached hydrogens (tertiary/aromatic N) is 1. The van der Waals surface area contributed by atoms with Crippen molar-refractivity contribution < 1.29 is 13.9 Å². The first kappa shape index (κ1) is 24.6. The average Bonchev–Trinajstić information content (AvgIpc) is 3.55. The molecule has 0 bridgehead atoms. The van der Waals surface area contributed by atoms with E-state index in [2.05, 4.69) is 5.32 Å². The number of aliphatic imine (C=N–C) groups is 1. The van der Waals surface area contributed by atoms with Gasteiger partial charge in [0.05, 0.1) is 28.4 Å². The van der Waals surface area contributed by atoms with Gasteiger partial charge in [-0.1, -0.05) is 29.3 Å². The number of carbonyl (C=O) groups is 1. The van der Waals surface area contributed by atoms with E-state index in [0.29, 0.717) is 28.8 Å². The molecule has 2 heterocycles. The molecule has 1 aliphatic rings. The molecule has 2 aromatic heterocycles. The average molecular weight is 539 g/mol. The van der Waals surface area contributed by atoms with Crippen LogP contribution in [0.15, 0.2) is 70.3 Å². The molecule has 2 aromatic carbocycles. The second kappa shape index (κ2) is 11.3. The Hall–Kier alpha value is -3.06. The van der Waals surface area contributed by atoms with E-state index >= 15 is 0 Å². The lowest BCUT2D eigenvalue weighted by Crippen LogP contribution is -2.23. The first-order chi connectivity index (χ1) is 17.6. The number of carbonyl (C=O) groups excluding carboxylic acids is 1. The molecule has 4 aromatic rings. The summed E-state index contributed by atoms with van der Waals surface area (Å²) in [5, 5.41) is 4.76. The molecular formula is C28H24Cl2N2O3S. The van der Waals surface area contributed by atoms with Gasteiger partial charge < -0.3 is 14.5 Å². The van der Waals surface area contributed by atoms with Crippen LogP contribution in [0.1, 0.15) is 50.5 Å². The van der Waals surface area contributed by atoms with Crippen LogP contribution < -0.4 is 10.1 Å². The number of halogens is 2. The predicted octanol–water partition coefficient (Wildman–Crippen LogP) is 7.79. The fourth-order valence-electron chi connectivity index (χ4n) is 4.12. The summed E-state index contributed by atoms with van der Waals surface area (Å²) in [6, 6.07) is 16.8. The van der Waals surface area contributed by atoms with Crippen LogP contribution >= 0.6 is 34.5 Å². The van der Waals surface area contributed by atoms with E-state index in [1.54, 1.807) is 35.9 Å². The zero-order valence-corrected chi connectivity index (χ0v) is 21.8. The van der Waals surface area contributed by atoms with E-state index in [1.165, 1.54) is 4.88 Å². The van der Waals surface area contributed by atoms with Crippen LogP contribution in [0.4, 0.5) is 5.00 Å². The lowest BCUT2D eigenvalue weighted by Gasteiger charge is -2.12. The minimum absolute atomic E-state index is 0.107. The number of benzene rings is 2. The summed E-state index contributed by atoms with van der Waals surface area (Å²) in [5.74, 6) is 1.35. The van der Waals surface area contributed by atoms with Gasteiger partial charge in [-0.15, -0.1) is 11.3 Å². The maximum absolute atomic E-state index is 13.1. The van der Waals surface area contributed by atoms with Gasteiger partial charge in [-0.05, 0) is 90.9 Å². The first-order valence-electron chi connectivity index (χ1n) is 11.7. The summed E-state index contributed by atoms with van der Waals surface area (Å²) in [5.41, 5.74) is 3.69. The van der Waals surface area contributed by atoms with Crippen molar-refractivity contribution in [2.45, 2.75) is 38.8 Å². The first-order valence-corrected chi connectivity index (χ1v) is 13.3. The second-order valence-corrected chi connectivity index (χ2v) is 10.4. The quantitative estimate of drug-likeness (QED) is 0.233. The molecule has 1 N–H and O–H groups in total. The van der Waals surface area contributed by atoms with Crippen LogP contribution in [0, 0.1) is 0 Å². The summed E-state index contributed by atoms with van der Waals surface area (Å²) >= 11 is 13.7. The minimum atomic E-state index is -0.107. The van der Waals surface area contributed by atoms with E-state index in [0.717, 1.165) is 58.9 Å². The van der Waals surface area contributed by atoms with Crippen LogP contribution in [0.5, 0.6) is 5.75 Å². The maximum Gasteiger partial charge on any atom is 0.255 e. The number of thiophene rings is 1. The Morgan fingerprint density at radius 3 is 2.69 bits per heavy atom. The monoisotopic (exact) mass is 538 g/mol. The summed E-state index contributed by atoms with van der Waals surface area (Å²) in [6.45, 7) is 0.741. The van der Waals surface area contributed by atoms with Crippen LogP contribution in [0.25, 0.3) is 0 Å². The Balaban J connectivity index is 1.28. The Labute approximate surface area is 223 Å². The van der Waals surface area contributed by atoms with Gasteiger partial charge in [0.1, 0.15) is 23.1 Å². The molecule has 0 unspecified atom stereocenters. The molecule has 5 rings (SSSR count). The van der Waals surface area contributed by atoms with Crippen molar-refractivity contribution in [1.82, 2.24) is 5.32 Å². The summed E-state index contributed by atoms with van der Waals surface area (Å²) < 4.78 is 11.2. The number of amides is 1. The van der Waals surface area contributed by atoms with E-state index in [1.807, 2.05) is 42.5 Å². The van der Waals surface area contributed by atoms with Crippen molar-refractivity contribution in [1.29, 1.82) is 0 Å². The number of hydrogen-bond acceptors (Lipinski definition) is 5. The third-order valence-electron chi connectivity index (χ3n) is 5.98. The smallest absolute Gasteiger partial charge is 0.255 e. The van der Waals surface area contributed by atoms with E-state index in [4.69, 9.17) is 37.3 Å². The third kappa shape index (κ3) is 5.84. The zero-order chi connectivity index (χ0) is 24.9. The van der Waals surface area contributed by atoms with Crippen LogP contribution in [0.2, 0.25) is 10.0 Å². The van der Waals surface area contributed by atoms with Crippen molar-refractivity contribution in [2.24, 2.45) is 4.99 Å². The number of fused-ring (bicyclic) bond motifs is 1. The largest absolute Gasteiger partial charge is 0.489 e. The summed E-state index contributed by atoms with van der Waals surface area (Å²) in [4.78, 5) is 19.1. The highest BCUT2D eigenvalue weighted by molar-refractivity contribution is 7.16. The minimum Gasteiger partial charge on any atom is -0.489 e. The van der Waals surface area contributed by atoms with Gasteiger partial charge in [-0.3, -0.25) is 4.79 Å². The van der Waals surface area contributed by atoms with Gasteiger partial charge >= 0.3 is 0 Å². The molecule has 0 radical (unpaired) electrons. The van der Waals surface area contributed by atoms with Crippen molar-refractivity contribution >= 4 is 51.7 Å². The van der Waals surface area contributed by atoms with Gasteiger partial charge in [0.25, 0.3) is 5.91 Å². The molecule has 8 heteroatoms. The molecule has 0 spiro atoms. The van der Waals surface area contributed by atoms with Crippen molar-refractivity contribution in [3.8, 4) is 5.75 Å². The van der Waals surface area contributed by atoms with Gasteiger partial charge in [-0.25, -0.2) is 4.99 Å². The van der Waals surface area contributed by atoms with E-state index in [-0.39, 0.29) is 5.91 Å². The molecule has 0 saturated heterocycles. The SMILES string of the molecule is O=C(NCc1ccco1)c1c(N=Cc2ccc(OCc3ccc(Cl)c(Cl)c3)cc2)sc2c1CCCC2. The summed E-state index contributed by atoms with van der Waals surface area (Å²) in [7, 11) is 0. The number of nitrogens with one attached hydrogen (secondary N) is 1. The molecule has 0 aliphatic heterocycles. The molecule has 0 atom stereocenters. The van der Waals surface area contributed by atoms with Gasteiger partial charge in [0.2, 0.25) is 0 Å². The fourth-order valence-corrected chi connectivity index (χ4v) is 5.68. The van der Waals surface area contributed by atoms with Crippen LogP contribution in [-0.4, -0.2) is 12.1 Å². The molecule has 1 amide bonds. The molecular weight excluding hydrogens is 515 g/mol. The number of hydrogen-bond donors (Lipinski definition) is 1. The standard InChI is InChI=1S/C28H24Cl2N2O3S/c29-23-12-9-19(14-24(23)30)17-35-20-10-7-18(8-11-20)15-32-28-26(22-5-1-2-6-25(22)36-28)27(33)31-16-21-4-3-13-34-21/h3-4,7-15H,1-2,5-6,16-17H2,(H,31,33). The van der Waals surface area contributed by atoms with E-state index < -0.39 is 0 Å². The molecule has 5 nitrogen and oxygen atoms in total. The molecule has 184 valence electrons. The van der Waals surface area contributed by atoms with Crippen molar-refractivity contribution in [2.75, 3.05) is 0 Å². The van der Waals surface area contributed by atoms with Crippen molar-refractivity contribution in [3.05, 3.63) is 104 Å². The Morgan fingerprint density at radius 1 is 1.08 bits per heavy atom. The number of aryl methyl sites for hydroxylation is 1. The highest BCUT2D eigenvalue weighted by atomic mass is 35.5. The van der Waals surface area contributed by atoms with Crippen LogP contribution in [0.3, 0.4) is 0 Å². The van der Waals surface area contributed by atoms with Gasteiger partial charge in [0, 0.05) is 11.1 Å². The molecule has 36 heavy (non-hydrogen) atoms. The molecule has 1 aliphatic carbocycles. The van der Waals surface area contributed by atoms with Gasteiger partial charge in [-0.2, -0.15) is 0 Å². The number of ether oxygens (including phenoxy) is 1. The maximum atomic E-state index is 13.1. The Kier molecular flexibility index (Phi) is 7.75.